The van der Waals surface area contributed by atoms with E-state index in [1.165, 1.54) is 11.9 Å². The van der Waals surface area contributed by atoms with E-state index in [-0.39, 0.29) is 18.6 Å². The second kappa shape index (κ2) is 11.6. The highest BCUT2D eigenvalue weighted by atomic mass is 16.6. The summed E-state index contributed by atoms with van der Waals surface area (Å²) in [6.07, 6.45) is 5.36. The van der Waals surface area contributed by atoms with Crippen LogP contribution in [0.25, 0.3) is 0 Å². The van der Waals surface area contributed by atoms with Crippen LogP contribution >= 0.6 is 0 Å². The lowest BCUT2D eigenvalue weighted by Crippen LogP contribution is -2.57. The number of carbonyl (C=O) groups excluding carboxylic acids is 4. The van der Waals surface area contributed by atoms with E-state index < -0.39 is 41.7 Å². The van der Waals surface area contributed by atoms with Gasteiger partial charge in [-0.15, -0.1) is 0 Å². The van der Waals surface area contributed by atoms with E-state index in [1.807, 2.05) is 42.5 Å². The fraction of sp³-hybridized carbons (Fsp3) is 0.556. The molecule has 3 amide bonds. The normalized spacial score (nSPS) is 22.6. The van der Waals surface area contributed by atoms with Crippen LogP contribution in [-0.2, 0) is 30.5 Å². The maximum absolute atomic E-state index is 13.6. The first-order valence-electron chi connectivity index (χ1n) is 12.4. The second-order valence-corrected chi connectivity index (χ2v) is 10.4. The molecule has 0 spiro atoms. The molecule has 2 aliphatic heterocycles. The zero-order valence-corrected chi connectivity index (χ0v) is 21.7. The molecular weight excluding hydrogens is 462 g/mol. The number of esters is 1. The molecule has 36 heavy (non-hydrogen) atoms. The van der Waals surface area contributed by atoms with Crippen LogP contribution in [0.2, 0.25) is 0 Å². The third-order valence-electron chi connectivity index (χ3n) is 6.46. The number of carbonyl (C=O) groups is 4. The Labute approximate surface area is 212 Å². The Morgan fingerprint density at radius 1 is 1.11 bits per heavy atom. The second-order valence-electron chi connectivity index (χ2n) is 10.4. The van der Waals surface area contributed by atoms with Gasteiger partial charge in [-0.3, -0.25) is 14.5 Å². The highest BCUT2D eigenvalue weighted by Crippen LogP contribution is 2.30. The van der Waals surface area contributed by atoms with Crippen LogP contribution in [0, 0.1) is 0 Å². The molecule has 4 atom stereocenters. The predicted molar refractivity (Wildman–Crippen MR) is 134 cm³/mol. The van der Waals surface area contributed by atoms with Crippen molar-refractivity contribution in [2.75, 3.05) is 7.05 Å². The number of hydrogen-bond donors (Lipinski definition) is 1. The third-order valence-corrected chi connectivity index (χ3v) is 6.46. The molecule has 1 saturated heterocycles. The molecule has 196 valence electrons. The summed E-state index contributed by atoms with van der Waals surface area (Å²) in [5.74, 6) is -1.24. The molecule has 1 aromatic rings. The standard InChI is InChI=1S/C27H37N3O6/c1-18(29(5)26(34)36-27(2,3)4)23(31)28-21-14-10-9-13-20-15-16-22(30(20)24(21)32)25(33)35-17-19-11-7-6-8-12-19/h6-12,18,20-22H,13-17H2,1-5H3,(H,28,31)/t18-,20?,21?,22?/m0/s1. The van der Waals surface area contributed by atoms with E-state index in [9.17, 15) is 19.2 Å². The summed E-state index contributed by atoms with van der Waals surface area (Å²) in [5.41, 5.74) is 0.173. The quantitative estimate of drug-likeness (QED) is 0.476. The summed E-state index contributed by atoms with van der Waals surface area (Å²) in [7, 11) is 1.48. The Bertz CT molecular complexity index is 987. The largest absolute Gasteiger partial charge is 0.459 e. The van der Waals surface area contributed by atoms with Gasteiger partial charge in [0.2, 0.25) is 11.8 Å². The highest BCUT2D eigenvalue weighted by molar-refractivity contribution is 5.93. The van der Waals surface area contributed by atoms with Crippen LogP contribution in [0.1, 0.15) is 58.9 Å². The first-order valence-corrected chi connectivity index (χ1v) is 12.4. The summed E-state index contributed by atoms with van der Waals surface area (Å²) in [6, 6.07) is 6.84. The molecule has 3 unspecified atom stereocenters. The number of amides is 3. The van der Waals surface area contributed by atoms with Crippen molar-refractivity contribution in [1.29, 1.82) is 0 Å². The van der Waals surface area contributed by atoms with Gasteiger partial charge in [0.05, 0.1) is 0 Å². The zero-order chi connectivity index (χ0) is 26.5. The van der Waals surface area contributed by atoms with Crippen LogP contribution in [0.3, 0.4) is 0 Å². The van der Waals surface area contributed by atoms with E-state index in [4.69, 9.17) is 9.47 Å². The van der Waals surface area contributed by atoms with Gasteiger partial charge in [0.15, 0.2) is 0 Å². The first-order chi connectivity index (χ1) is 17.0. The van der Waals surface area contributed by atoms with Crippen molar-refractivity contribution in [3.8, 4) is 0 Å². The average molecular weight is 500 g/mol. The molecule has 3 rings (SSSR count). The van der Waals surface area contributed by atoms with E-state index in [0.717, 1.165) is 5.56 Å². The molecule has 1 N–H and O–H groups in total. The third kappa shape index (κ3) is 6.86. The maximum atomic E-state index is 13.6. The Hall–Kier alpha value is -3.36. The van der Waals surface area contributed by atoms with Crippen molar-refractivity contribution in [2.45, 2.75) is 89.8 Å². The van der Waals surface area contributed by atoms with Crippen molar-refractivity contribution < 1.29 is 28.7 Å². The summed E-state index contributed by atoms with van der Waals surface area (Å²) in [6.45, 7) is 6.95. The van der Waals surface area contributed by atoms with Crippen LogP contribution in [0.15, 0.2) is 42.5 Å². The van der Waals surface area contributed by atoms with Crippen molar-refractivity contribution in [2.24, 2.45) is 0 Å². The molecule has 2 heterocycles. The lowest BCUT2D eigenvalue weighted by Gasteiger charge is -2.34. The summed E-state index contributed by atoms with van der Waals surface area (Å²) < 4.78 is 10.9. The Morgan fingerprint density at radius 3 is 2.44 bits per heavy atom. The molecule has 0 aliphatic carbocycles. The molecule has 0 saturated carbocycles. The van der Waals surface area contributed by atoms with Crippen LogP contribution < -0.4 is 5.32 Å². The van der Waals surface area contributed by atoms with Gasteiger partial charge in [-0.1, -0.05) is 42.5 Å². The van der Waals surface area contributed by atoms with Gasteiger partial charge < -0.3 is 19.7 Å². The van der Waals surface area contributed by atoms with Crippen LogP contribution in [0.5, 0.6) is 0 Å². The van der Waals surface area contributed by atoms with Gasteiger partial charge in [-0.05, 0) is 58.9 Å². The van der Waals surface area contributed by atoms with Crippen molar-refractivity contribution >= 4 is 23.9 Å². The summed E-state index contributed by atoms with van der Waals surface area (Å²) >= 11 is 0. The Balaban J connectivity index is 1.67. The minimum atomic E-state index is -0.858. The number of rotatable bonds is 6. The lowest BCUT2D eigenvalue weighted by molar-refractivity contribution is -0.156. The van der Waals surface area contributed by atoms with Gasteiger partial charge in [-0.2, -0.15) is 0 Å². The lowest BCUT2D eigenvalue weighted by atomic mass is 10.0. The highest BCUT2D eigenvalue weighted by Gasteiger charge is 2.44. The molecule has 0 aromatic heterocycles. The Kier molecular flexibility index (Phi) is 8.76. The smallest absolute Gasteiger partial charge is 0.410 e. The van der Waals surface area contributed by atoms with E-state index >= 15 is 0 Å². The van der Waals surface area contributed by atoms with Gasteiger partial charge in [-0.25, -0.2) is 9.59 Å². The van der Waals surface area contributed by atoms with E-state index in [1.54, 1.807) is 32.6 Å². The molecule has 1 aromatic carbocycles. The molecule has 9 heteroatoms. The molecule has 2 aliphatic rings. The summed E-state index contributed by atoms with van der Waals surface area (Å²) in [4.78, 5) is 54.7. The van der Waals surface area contributed by atoms with Crippen LogP contribution in [-0.4, -0.2) is 70.5 Å². The maximum Gasteiger partial charge on any atom is 0.410 e. The molecular formula is C27H37N3O6. The van der Waals surface area contributed by atoms with Crippen molar-refractivity contribution in [3.63, 3.8) is 0 Å². The number of fused-ring (bicyclic) bond motifs is 1. The fourth-order valence-corrected chi connectivity index (χ4v) is 4.35. The average Bonchev–Trinajstić information content (AvgIpc) is 3.24. The number of hydrogen-bond acceptors (Lipinski definition) is 6. The minimum absolute atomic E-state index is 0.135. The fourth-order valence-electron chi connectivity index (χ4n) is 4.35. The molecule has 0 bridgehead atoms. The number of ether oxygens (including phenoxy) is 2. The zero-order valence-electron chi connectivity index (χ0n) is 21.7. The Morgan fingerprint density at radius 2 is 1.78 bits per heavy atom. The number of likely N-dealkylation sites (N-methyl/N-ethyl adjacent to an activating group) is 1. The van der Waals surface area contributed by atoms with Crippen LogP contribution in [0.4, 0.5) is 4.79 Å². The van der Waals surface area contributed by atoms with Gasteiger partial charge in [0.1, 0.15) is 30.3 Å². The predicted octanol–water partition coefficient (Wildman–Crippen LogP) is 3.18. The molecule has 9 nitrogen and oxygen atoms in total. The molecule has 1 fully saturated rings. The first kappa shape index (κ1) is 27.2. The minimum Gasteiger partial charge on any atom is -0.459 e. The SMILES string of the molecule is C[C@@H](C(=O)NC1CC=CCC2CCC(C(=O)OCc3ccccc3)N2C1=O)N(C)C(=O)OC(C)(C)C. The van der Waals surface area contributed by atoms with E-state index in [0.29, 0.717) is 25.7 Å². The van der Waals surface area contributed by atoms with Gasteiger partial charge in [0, 0.05) is 13.1 Å². The summed E-state index contributed by atoms with van der Waals surface area (Å²) in [5, 5.41) is 2.78. The van der Waals surface area contributed by atoms with Gasteiger partial charge in [0.25, 0.3) is 0 Å². The van der Waals surface area contributed by atoms with Crippen molar-refractivity contribution in [1.82, 2.24) is 15.1 Å². The monoisotopic (exact) mass is 499 g/mol. The van der Waals surface area contributed by atoms with Crippen molar-refractivity contribution in [3.05, 3.63) is 48.0 Å². The molecule has 0 radical (unpaired) electrons. The topological polar surface area (TPSA) is 105 Å². The number of benzene rings is 1. The number of nitrogens with zero attached hydrogens (tertiary/aromatic N) is 2. The van der Waals surface area contributed by atoms with E-state index in [2.05, 4.69) is 5.32 Å². The van der Waals surface area contributed by atoms with Gasteiger partial charge >= 0.3 is 12.1 Å². The number of nitrogens with one attached hydrogen (secondary N) is 1.